The van der Waals surface area contributed by atoms with Crippen LogP contribution in [-0.2, 0) is 18.9 Å². The van der Waals surface area contributed by atoms with Crippen molar-refractivity contribution in [1.29, 1.82) is 0 Å². The van der Waals surface area contributed by atoms with Crippen LogP contribution in [0.15, 0.2) is 0 Å². The normalized spacial score (nSPS) is 39.9. The van der Waals surface area contributed by atoms with Crippen LogP contribution >= 0.6 is 0 Å². The zero-order valence-electron chi connectivity index (χ0n) is 9.28. The number of rotatable bonds is 5. The van der Waals surface area contributed by atoms with Crippen LogP contribution in [0.2, 0.25) is 0 Å². The lowest BCUT2D eigenvalue weighted by molar-refractivity contribution is -0.308. The smallest absolute Gasteiger partial charge is 0.186 e. The molecule has 5 atom stereocenters. The van der Waals surface area contributed by atoms with Gasteiger partial charge in [0.1, 0.15) is 31.2 Å². The first-order valence-corrected chi connectivity index (χ1v) is 4.91. The summed E-state index contributed by atoms with van der Waals surface area (Å²) in [6, 6.07) is 0. The Bertz CT molecular complexity index is 198. The first-order chi connectivity index (χ1) is 7.65. The number of hydrogen-bond acceptors (Lipinski definition) is 7. The van der Waals surface area contributed by atoms with Crippen molar-refractivity contribution in [3.8, 4) is 0 Å². The van der Waals surface area contributed by atoms with Gasteiger partial charge in [0.2, 0.25) is 0 Å². The van der Waals surface area contributed by atoms with E-state index in [0.29, 0.717) is 0 Å². The number of ether oxygens (including phenoxy) is 4. The summed E-state index contributed by atoms with van der Waals surface area (Å²) < 4.78 is 19.9. The topological polar surface area (TPSA) is 97.6 Å². The van der Waals surface area contributed by atoms with Crippen molar-refractivity contribution in [2.24, 2.45) is 0 Å². The molecule has 1 aliphatic rings. The van der Waals surface area contributed by atoms with Gasteiger partial charge in [-0.25, -0.2) is 0 Å². The van der Waals surface area contributed by atoms with Crippen LogP contribution in [0.25, 0.3) is 0 Å². The van der Waals surface area contributed by atoms with Crippen molar-refractivity contribution >= 4 is 0 Å². The molecule has 3 N–H and O–H groups in total. The van der Waals surface area contributed by atoms with Gasteiger partial charge in [0, 0.05) is 14.2 Å². The van der Waals surface area contributed by atoms with E-state index >= 15 is 0 Å². The third-order valence-corrected chi connectivity index (χ3v) is 2.43. The maximum Gasteiger partial charge on any atom is 0.186 e. The third-order valence-electron chi connectivity index (χ3n) is 2.43. The lowest BCUT2D eigenvalue weighted by Crippen LogP contribution is -2.59. The highest BCUT2D eigenvalue weighted by molar-refractivity contribution is 4.89. The van der Waals surface area contributed by atoms with Gasteiger partial charge in [0.15, 0.2) is 6.29 Å². The molecule has 7 heteroatoms. The molecule has 1 aliphatic heterocycles. The molecule has 1 saturated heterocycles. The SMILES string of the molecule is COCO[C@H]1[C@H](O)[C@@H](O)[C@H](OC)O[C@@H]1CO. The minimum Gasteiger partial charge on any atom is -0.394 e. The van der Waals surface area contributed by atoms with Crippen LogP contribution in [0.1, 0.15) is 0 Å². The summed E-state index contributed by atoms with van der Waals surface area (Å²) in [7, 11) is 2.77. The molecule has 0 radical (unpaired) electrons. The molecule has 1 rings (SSSR count). The van der Waals surface area contributed by atoms with Gasteiger partial charge in [-0.3, -0.25) is 0 Å². The molecular formula is C9H18O7. The molecule has 0 spiro atoms. The van der Waals surface area contributed by atoms with E-state index in [1.54, 1.807) is 0 Å². The van der Waals surface area contributed by atoms with Crippen molar-refractivity contribution < 1.29 is 34.3 Å². The van der Waals surface area contributed by atoms with E-state index in [0.717, 1.165) is 0 Å². The van der Waals surface area contributed by atoms with E-state index < -0.39 is 30.7 Å². The number of hydrogen-bond donors (Lipinski definition) is 3. The van der Waals surface area contributed by atoms with Crippen molar-refractivity contribution in [1.82, 2.24) is 0 Å². The molecule has 0 saturated carbocycles. The Morgan fingerprint density at radius 2 is 1.88 bits per heavy atom. The van der Waals surface area contributed by atoms with Crippen molar-refractivity contribution in [3.63, 3.8) is 0 Å². The van der Waals surface area contributed by atoms with E-state index in [1.165, 1.54) is 14.2 Å². The van der Waals surface area contributed by atoms with E-state index in [-0.39, 0.29) is 13.4 Å². The lowest BCUT2D eigenvalue weighted by atomic mass is 9.99. The van der Waals surface area contributed by atoms with Crippen LogP contribution in [0.5, 0.6) is 0 Å². The molecule has 0 unspecified atom stereocenters. The van der Waals surface area contributed by atoms with Gasteiger partial charge in [-0.2, -0.15) is 0 Å². The van der Waals surface area contributed by atoms with Gasteiger partial charge >= 0.3 is 0 Å². The van der Waals surface area contributed by atoms with Gasteiger partial charge in [0.05, 0.1) is 6.61 Å². The zero-order chi connectivity index (χ0) is 12.1. The molecule has 0 aromatic rings. The Hall–Kier alpha value is -0.280. The predicted octanol–water partition coefficient (Wildman–Crippen LogP) is -1.94. The minimum absolute atomic E-state index is 0.0635. The van der Waals surface area contributed by atoms with Gasteiger partial charge < -0.3 is 34.3 Å². The molecular weight excluding hydrogens is 220 g/mol. The third kappa shape index (κ3) is 2.89. The largest absolute Gasteiger partial charge is 0.394 e. The Kier molecular flexibility index (Phi) is 5.56. The van der Waals surface area contributed by atoms with Crippen molar-refractivity contribution in [2.45, 2.75) is 30.7 Å². The lowest BCUT2D eigenvalue weighted by Gasteiger charge is -2.41. The fourth-order valence-electron chi connectivity index (χ4n) is 1.60. The molecule has 7 nitrogen and oxygen atoms in total. The Labute approximate surface area is 93.5 Å². The zero-order valence-corrected chi connectivity index (χ0v) is 9.28. The monoisotopic (exact) mass is 238 g/mol. The molecule has 16 heavy (non-hydrogen) atoms. The first-order valence-electron chi connectivity index (χ1n) is 4.91. The second-order valence-corrected chi connectivity index (χ2v) is 3.48. The van der Waals surface area contributed by atoms with Gasteiger partial charge in [-0.1, -0.05) is 0 Å². The fraction of sp³-hybridized carbons (Fsp3) is 1.00. The molecule has 0 bridgehead atoms. The highest BCUT2D eigenvalue weighted by Gasteiger charge is 2.45. The quantitative estimate of drug-likeness (QED) is 0.479. The van der Waals surface area contributed by atoms with Gasteiger partial charge in [0.25, 0.3) is 0 Å². The maximum absolute atomic E-state index is 9.77. The standard InChI is InChI=1S/C9H18O7/c1-13-4-15-8-5(3-10)16-9(14-2)7(12)6(8)11/h5-12H,3-4H2,1-2H3/t5-,6-,7-,8-,9-/m1/s1. The summed E-state index contributed by atoms with van der Waals surface area (Å²) >= 11 is 0. The van der Waals surface area contributed by atoms with E-state index in [4.69, 9.17) is 24.1 Å². The average molecular weight is 238 g/mol. The number of methoxy groups -OCH3 is 2. The molecule has 0 aromatic heterocycles. The van der Waals surface area contributed by atoms with Gasteiger partial charge in [-0.15, -0.1) is 0 Å². The second-order valence-electron chi connectivity index (χ2n) is 3.48. The van der Waals surface area contributed by atoms with E-state index in [1.807, 2.05) is 0 Å². The summed E-state index contributed by atoms with van der Waals surface area (Å²) in [6.45, 7) is -0.413. The molecule has 0 aliphatic carbocycles. The summed E-state index contributed by atoms with van der Waals surface area (Å²) in [5.74, 6) is 0. The highest BCUT2D eigenvalue weighted by Crippen LogP contribution is 2.23. The second kappa shape index (κ2) is 6.45. The summed E-state index contributed by atoms with van der Waals surface area (Å²) in [5.41, 5.74) is 0. The Morgan fingerprint density at radius 3 is 2.38 bits per heavy atom. The average Bonchev–Trinajstić information content (AvgIpc) is 2.31. The van der Waals surface area contributed by atoms with Crippen molar-refractivity contribution in [2.75, 3.05) is 27.6 Å². The first kappa shape index (κ1) is 13.8. The minimum atomic E-state index is -1.23. The molecule has 96 valence electrons. The summed E-state index contributed by atoms with van der Waals surface area (Å²) in [6.07, 6.45) is -5.03. The predicted molar refractivity (Wildman–Crippen MR) is 51.5 cm³/mol. The highest BCUT2D eigenvalue weighted by atomic mass is 16.7. The van der Waals surface area contributed by atoms with Crippen molar-refractivity contribution in [3.05, 3.63) is 0 Å². The van der Waals surface area contributed by atoms with Crippen LogP contribution < -0.4 is 0 Å². The molecule has 0 aromatic carbocycles. The van der Waals surface area contributed by atoms with E-state index in [2.05, 4.69) is 0 Å². The van der Waals surface area contributed by atoms with Crippen LogP contribution in [0.4, 0.5) is 0 Å². The van der Waals surface area contributed by atoms with Crippen LogP contribution in [0, 0.1) is 0 Å². The van der Waals surface area contributed by atoms with Crippen LogP contribution in [0.3, 0.4) is 0 Å². The Balaban J connectivity index is 2.65. The molecule has 1 fully saturated rings. The van der Waals surface area contributed by atoms with Crippen LogP contribution in [-0.4, -0.2) is 73.6 Å². The Morgan fingerprint density at radius 1 is 1.19 bits per heavy atom. The van der Waals surface area contributed by atoms with Gasteiger partial charge in [-0.05, 0) is 0 Å². The number of aliphatic hydroxyl groups is 3. The summed E-state index contributed by atoms with van der Waals surface area (Å²) in [5, 5.41) is 28.5. The summed E-state index contributed by atoms with van der Waals surface area (Å²) in [4.78, 5) is 0. The molecule has 1 heterocycles. The fourth-order valence-corrected chi connectivity index (χ4v) is 1.60. The molecule has 0 amide bonds. The van der Waals surface area contributed by atoms with E-state index in [9.17, 15) is 10.2 Å². The maximum atomic E-state index is 9.77. The number of aliphatic hydroxyl groups excluding tert-OH is 3.